The number of nitrogens with one attached hydrogen (secondary N) is 1. The van der Waals surface area contributed by atoms with Gasteiger partial charge in [-0.3, -0.25) is 14.9 Å². The van der Waals surface area contributed by atoms with Gasteiger partial charge in [0.15, 0.2) is 5.96 Å². The maximum Gasteiger partial charge on any atom is 0.269 e. The zero-order valence-corrected chi connectivity index (χ0v) is 17.6. The van der Waals surface area contributed by atoms with Crippen molar-refractivity contribution in [1.82, 2.24) is 25.1 Å². The summed E-state index contributed by atoms with van der Waals surface area (Å²) in [4.78, 5) is 41.4. The third kappa shape index (κ3) is 6.11. The van der Waals surface area contributed by atoms with Gasteiger partial charge in [-0.1, -0.05) is 12.1 Å². The summed E-state index contributed by atoms with van der Waals surface area (Å²) in [5.41, 5.74) is 0.891. The van der Waals surface area contributed by atoms with Gasteiger partial charge in [-0.2, -0.15) is 0 Å². The maximum absolute atomic E-state index is 12.0. The van der Waals surface area contributed by atoms with Crippen LogP contribution >= 0.6 is 0 Å². The topological polar surface area (TPSA) is 120 Å². The van der Waals surface area contributed by atoms with Gasteiger partial charge in [-0.25, -0.2) is 15.0 Å². The third-order valence-electron chi connectivity index (χ3n) is 4.87. The highest BCUT2D eigenvalue weighted by atomic mass is 16.6. The van der Waals surface area contributed by atoms with Crippen molar-refractivity contribution in [2.24, 2.45) is 4.99 Å². The Kier molecular flexibility index (Phi) is 7.31. The molecule has 31 heavy (non-hydrogen) atoms. The lowest BCUT2D eigenvalue weighted by atomic mass is 10.2. The second-order valence-corrected chi connectivity index (χ2v) is 7.23. The standard InChI is InChI=1S/C20H26N8O3/c1-25(2)18(29)15-24-20(23-14-16-4-6-17(7-5-16)28(30)31)27-12-10-26(11-13-27)19-21-8-3-9-22-19/h3-9H,10-15H2,1-2H3,(H,23,24). The molecule has 0 unspecified atom stereocenters. The van der Waals surface area contributed by atoms with Crippen molar-refractivity contribution in [3.8, 4) is 0 Å². The number of nitro groups is 1. The van der Waals surface area contributed by atoms with E-state index in [0.717, 1.165) is 18.7 Å². The highest BCUT2D eigenvalue weighted by Gasteiger charge is 2.22. The summed E-state index contributed by atoms with van der Waals surface area (Å²) in [5.74, 6) is 1.27. The van der Waals surface area contributed by atoms with Crippen LogP contribution in [0.15, 0.2) is 47.7 Å². The average Bonchev–Trinajstić information content (AvgIpc) is 2.80. The molecule has 1 aliphatic heterocycles. The van der Waals surface area contributed by atoms with Crippen molar-refractivity contribution in [3.05, 3.63) is 58.4 Å². The Morgan fingerprint density at radius 1 is 1.16 bits per heavy atom. The summed E-state index contributed by atoms with van der Waals surface area (Å²) in [6.45, 7) is 3.32. The zero-order chi connectivity index (χ0) is 22.2. The third-order valence-corrected chi connectivity index (χ3v) is 4.87. The van der Waals surface area contributed by atoms with Crippen LogP contribution in [0.25, 0.3) is 0 Å². The fraction of sp³-hybridized carbons (Fsp3) is 0.400. The number of amides is 1. The molecule has 0 bridgehead atoms. The number of aliphatic imine (C=N–C) groups is 1. The predicted molar refractivity (Wildman–Crippen MR) is 117 cm³/mol. The smallest absolute Gasteiger partial charge is 0.269 e. The summed E-state index contributed by atoms with van der Waals surface area (Å²) in [7, 11) is 3.41. The van der Waals surface area contributed by atoms with Gasteiger partial charge in [-0.15, -0.1) is 0 Å². The Morgan fingerprint density at radius 2 is 1.81 bits per heavy atom. The van der Waals surface area contributed by atoms with Crippen LogP contribution in [-0.2, 0) is 11.3 Å². The van der Waals surface area contributed by atoms with Gasteiger partial charge in [0.25, 0.3) is 5.69 Å². The van der Waals surface area contributed by atoms with Crippen molar-refractivity contribution >= 4 is 23.5 Å². The van der Waals surface area contributed by atoms with E-state index in [1.807, 2.05) is 0 Å². The van der Waals surface area contributed by atoms with E-state index in [0.29, 0.717) is 31.5 Å². The van der Waals surface area contributed by atoms with E-state index in [9.17, 15) is 14.9 Å². The molecule has 11 nitrogen and oxygen atoms in total. The number of piperazine rings is 1. The summed E-state index contributed by atoms with van der Waals surface area (Å²) >= 11 is 0. The van der Waals surface area contributed by atoms with Crippen LogP contribution in [0.5, 0.6) is 0 Å². The number of anilines is 1. The highest BCUT2D eigenvalue weighted by molar-refractivity contribution is 5.86. The molecule has 0 aliphatic carbocycles. The van der Waals surface area contributed by atoms with E-state index in [-0.39, 0.29) is 18.1 Å². The molecule has 1 saturated heterocycles. The van der Waals surface area contributed by atoms with Crippen molar-refractivity contribution in [1.29, 1.82) is 0 Å². The quantitative estimate of drug-likeness (QED) is 0.311. The van der Waals surface area contributed by atoms with Gasteiger partial charge in [0.1, 0.15) is 0 Å². The molecule has 1 aliphatic rings. The van der Waals surface area contributed by atoms with Gasteiger partial charge in [-0.05, 0) is 11.6 Å². The van der Waals surface area contributed by atoms with E-state index in [2.05, 4.69) is 30.1 Å². The molecule has 0 radical (unpaired) electrons. The summed E-state index contributed by atoms with van der Waals surface area (Å²) < 4.78 is 0. The van der Waals surface area contributed by atoms with Crippen LogP contribution in [0.2, 0.25) is 0 Å². The highest BCUT2D eigenvalue weighted by Crippen LogP contribution is 2.13. The van der Waals surface area contributed by atoms with Gasteiger partial charge in [0.05, 0.1) is 18.0 Å². The maximum atomic E-state index is 12.0. The van der Waals surface area contributed by atoms with Crippen molar-refractivity contribution in [3.63, 3.8) is 0 Å². The number of carbonyl (C=O) groups excluding carboxylic acids is 1. The minimum absolute atomic E-state index is 0.0434. The Labute approximate surface area is 180 Å². The molecule has 1 amide bonds. The molecule has 1 aromatic heterocycles. The summed E-state index contributed by atoms with van der Waals surface area (Å²) in [6, 6.07) is 8.09. The van der Waals surface area contributed by atoms with Gasteiger partial charge in [0.2, 0.25) is 11.9 Å². The molecule has 11 heteroatoms. The Hall–Kier alpha value is -3.76. The molecule has 3 rings (SSSR count). The second-order valence-electron chi connectivity index (χ2n) is 7.23. The molecule has 0 atom stereocenters. The predicted octanol–water partition coefficient (Wildman–Crippen LogP) is 0.741. The number of guanidine groups is 1. The fourth-order valence-electron chi connectivity index (χ4n) is 3.04. The van der Waals surface area contributed by atoms with Crippen LogP contribution in [0.1, 0.15) is 5.56 Å². The van der Waals surface area contributed by atoms with Crippen LogP contribution in [-0.4, -0.2) is 83.4 Å². The second kappa shape index (κ2) is 10.3. The molecule has 2 heterocycles. The van der Waals surface area contributed by atoms with E-state index >= 15 is 0 Å². The minimum atomic E-state index is -0.428. The SMILES string of the molecule is CN(C)C(=O)CNC(=NCc1ccc([N+](=O)[O-])cc1)N1CCN(c2ncccn2)CC1. The number of non-ortho nitro benzene ring substituents is 1. The Balaban J connectivity index is 1.67. The fourth-order valence-corrected chi connectivity index (χ4v) is 3.04. The van der Waals surface area contributed by atoms with E-state index in [1.54, 1.807) is 44.7 Å². The Bertz CT molecular complexity index is 910. The monoisotopic (exact) mass is 426 g/mol. The molecule has 2 aromatic rings. The number of carbonyl (C=O) groups is 1. The number of hydrogen-bond acceptors (Lipinski definition) is 7. The molecule has 1 aromatic carbocycles. The Morgan fingerprint density at radius 3 is 2.39 bits per heavy atom. The summed E-state index contributed by atoms with van der Waals surface area (Å²) in [5, 5.41) is 14.0. The average molecular weight is 426 g/mol. The lowest BCUT2D eigenvalue weighted by Crippen LogP contribution is -2.54. The van der Waals surface area contributed by atoms with E-state index in [1.165, 1.54) is 17.0 Å². The number of nitro benzene ring substituents is 1. The lowest BCUT2D eigenvalue weighted by Gasteiger charge is -2.36. The van der Waals surface area contributed by atoms with Crippen LogP contribution in [0, 0.1) is 10.1 Å². The van der Waals surface area contributed by atoms with Gasteiger partial charge >= 0.3 is 0 Å². The number of hydrogen-bond donors (Lipinski definition) is 1. The molecule has 164 valence electrons. The number of aromatic nitrogens is 2. The lowest BCUT2D eigenvalue weighted by molar-refractivity contribution is -0.384. The van der Waals surface area contributed by atoms with Gasteiger partial charge in [0, 0.05) is 64.8 Å². The van der Waals surface area contributed by atoms with E-state index < -0.39 is 4.92 Å². The first-order chi connectivity index (χ1) is 14.9. The normalized spacial score (nSPS) is 14.3. The zero-order valence-electron chi connectivity index (χ0n) is 17.6. The minimum Gasteiger partial charge on any atom is -0.347 e. The molecule has 0 saturated carbocycles. The largest absolute Gasteiger partial charge is 0.347 e. The van der Waals surface area contributed by atoms with E-state index in [4.69, 9.17) is 0 Å². The summed E-state index contributed by atoms with van der Waals surface area (Å²) in [6.07, 6.45) is 3.44. The first-order valence-corrected chi connectivity index (χ1v) is 9.93. The molecule has 1 N–H and O–H groups in total. The number of nitrogens with zero attached hydrogens (tertiary/aromatic N) is 7. The molecule has 0 spiro atoms. The van der Waals surface area contributed by atoms with Crippen LogP contribution in [0.4, 0.5) is 11.6 Å². The van der Waals surface area contributed by atoms with Crippen molar-refractivity contribution in [2.75, 3.05) is 51.7 Å². The number of rotatable bonds is 6. The first kappa shape index (κ1) is 21.9. The number of likely N-dealkylation sites (N-methyl/N-ethyl adjacent to an activating group) is 1. The van der Waals surface area contributed by atoms with Gasteiger partial charge < -0.3 is 20.0 Å². The van der Waals surface area contributed by atoms with Crippen molar-refractivity contribution in [2.45, 2.75) is 6.54 Å². The molecular formula is C20H26N8O3. The van der Waals surface area contributed by atoms with Crippen LogP contribution in [0.3, 0.4) is 0 Å². The first-order valence-electron chi connectivity index (χ1n) is 9.93. The number of benzene rings is 1. The molecular weight excluding hydrogens is 400 g/mol. The molecule has 1 fully saturated rings. The van der Waals surface area contributed by atoms with Crippen LogP contribution < -0.4 is 10.2 Å². The van der Waals surface area contributed by atoms with Crippen molar-refractivity contribution < 1.29 is 9.72 Å².